The van der Waals surface area contributed by atoms with Gasteiger partial charge in [-0.05, 0) is 50.5 Å². The standard InChI is InChI=1S/C26H28N4O3S2/c1-4-33-14-6-12-27-22-20(24(31)29-13-5-7-18(3)23(29)28-22)15-21-25(32)30(26(34)35-21)16-19-10-8-17(2)9-11-19/h5,7-11,13,15,27H,4,6,12,14,16H2,1-3H3/b21-15+. The zero-order valence-corrected chi connectivity index (χ0v) is 21.7. The zero-order chi connectivity index (χ0) is 24.9. The number of hydrogen-bond acceptors (Lipinski definition) is 7. The minimum atomic E-state index is -0.241. The summed E-state index contributed by atoms with van der Waals surface area (Å²) in [4.78, 5) is 33.4. The van der Waals surface area contributed by atoms with Crippen molar-refractivity contribution in [3.8, 4) is 0 Å². The Balaban J connectivity index is 1.67. The predicted octanol–water partition coefficient (Wildman–Crippen LogP) is 4.55. The molecule has 35 heavy (non-hydrogen) atoms. The molecule has 0 aliphatic carbocycles. The van der Waals surface area contributed by atoms with Gasteiger partial charge in [-0.15, -0.1) is 0 Å². The fourth-order valence-corrected chi connectivity index (χ4v) is 4.98. The van der Waals surface area contributed by atoms with Gasteiger partial charge in [0.2, 0.25) is 0 Å². The first-order chi connectivity index (χ1) is 16.9. The lowest BCUT2D eigenvalue weighted by Gasteiger charge is -2.14. The fourth-order valence-electron chi connectivity index (χ4n) is 3.75. The van der Waals surface area contributed by atoms with Gasteiger partial charge >= 0.3 is 0 Å². The molecule has 1 aromatic carbocycles. The lowest BCUT2D eigenvalue weighted by atomic mass is 10.1. The number of rotatable bonds is 9. The van der Waals surface area contributed by atoms with Crippen molar-refractivity contribution < 1.29 is 9.53 Å². The topological polar surface area (TPSA) is 75.9 Å². The molecule has 4 rings (SSSR count). The molecule has 3 aromatic rings. The largest absolute Gasteiger partial charge is 0.382 e. The maximum atomic E-state index is 13.5. The number of thioether (sulfide) groups is 1. The van der Waals surface area contributed by atoms with Crippen LogP contribution in [0.2, 0.25) is 0 Å². The fraction of sp³-hybridized carbons (Fsp3) is 0.308. The zero-order valence-electron chi connectivity index (χ0n) is 20.0. The third kappa shape index (κ3) is 5.63. The van der Waals surface area contributed by atoms with Crippen LogP contribution in [-0.4, -0.2) is 44.3 Å². The Hall–Kier alpha value is -3.01. The SMILES string of the molecule is CCOCCCNc1nc2c(C)cccn2c(=O)c1/C=C1/SC(=S)N(Cc2ccc(C)cc2)C1=O. The molecule has 1 amide bonds. The van der Waals surface area contributed by atoms with E-state index in [4.69, 9.17) is 21.9 Å². The molecule has 1 N–H and O–H groups in total. The smallest absolute Gasteiger partial charge is 0.267 e. The molecule has 1 aliphatic rings. The van der Waals surface area contributed by atoms with E-state index in [0.29, 0.717) is 52.6 Å². The highest BCUT2D eigenvalue weighted by Crippen LogP contribution is 2.34. The van der Waals surface area contributed by atoms with Crippen molar-refractivity contribution in [3.63, 3.8) is 0 Å². The minimum Gasteiger partial charge on any atom is -0.382 e. The number of aryl methyl sites for hydroxylation is 2. The van der Waals surface area contributed by atoms with E-state index in [1.165, 1.54) is 16.2 Å². The van der Waals surface area contributed by atoms with Crippen LogP contribution in [0.1, 0.15) is 35.6 Å². The second kappa shape index (κ2) is 11.2. The minimum absolute atomic E-state index is 0.211. The summed E-state index contributed by atoms with van der Waals surface area (Å²) in [6, 6.07) is 11.7. The van der Waals surface area contributed by atoms with Gasteiger partial charge in [0.15, 0.2) is 0 Å². The molecular formula is C26H28N4O3S2. The molecule has 9 heteroatoms. The Morgan fingerprint density at radius 2 is 1.94 bits per heavy atom. The number of hydrogen-bond donors (Lipinski definition) is 1. The van der Waals surface area contributed by atoms with Crippen LogP contribution in [0.3, 0.4) is 0 Å². The number of benzene rings is 1. The number of carbonyl (C=O) groups excluding carboxylic acids is 1. The van der Waals surface area contributed by atoms with E-state index in [1.54, 1.807) is 17.2 Å². The molecule has 1 fully saturated rings. The van der Waals surface area contributed by atoms with Crippen molar-refractivity contribution >= 4 is 51.7 Å². The second-order valence-corrected chi connectivity index (χ2v) is 9.97. The number of thiocarbonyl (C=S) groups is 1. The molecule has 3 heterocycles. The van der Waals surface area contributed by atoms with E-state index in [9.17, 15) is 9.59 Å². The molecular weight excluding hydrogens is 480 g/mol. The van der Waals surface area contributed by atoms with Gasteiger partial charge in [0, 0.05) is 26.0 Å². The normalized spacial score (nSPS) is 14.9. The molecule has 0 saturated carbocycles. The molecule has 0 spiro atoms. The third-order valence-corrected chi connectivity index (χ3v) is 7.03. The summed E-state index contributed by atoms with van der Waals surface area (Å²) in [5.41, 5.74) is 3.70. The average molecular weight is 509 g/mol. The maximum absolute atomic E-state index is 13.5. The van der Waals surface area contributed by atoms with Crippen molar-refractivity contribution in [1.29, 1.82) is 0 Å². The Labute approximate surface area is 214 Å². The van der Waals surface area contributed by atoms with E-state index in [2.05, 4.69) is 5.32 Å². The monoisotopic (exact) mass is 508 g/mol. The van der Waals surface area contributed by atoms with Gasteiger partial charge in [0.25, 0.3) is 11.5 Å². The Bertz CT molecular complexity index is 1350. The van der Waals surface area contributed by atoms with Crippen molar-refractivity contribution in [2.75, 3.05) is 25.1 Å². The van der Waals surface area contributed by atoms with Crippen LogP contribution in [0.25, 0.3) is 11.7 Å². The Morgan fingerprint density at radius 1 is 1.17 bits per heavy atom. The lowest BCUT2D eigenvalue weighted by Crippen LogP contribution is -2.27. The number of amides is 1. The number of pyridine rings is 1. The first kappa shape index (κ1) is 25.1. The van der Waals surface area contributed by atoms with E-state index < -0.39 is 0 Å². The number of anilines is 1. The van der Waals surface area contributed by atoms with Gasteiger partial charge in [0.1, 0.15) is 15.8 Å². The van der Waals surface area contributed by atoms with Crippen LogP contribution in [0, 0.1) is 13.8 Å². The predicted molar refractivity (Wildman–Crippen MR) is 146 cm³/mol. The highest BCUT2D eigenvalue weighted by molar-refractivity contribution is 8.26. The second-order valence-electron chi connectivity index (χ2n) is 8.29. The molecule has 2 aromatic heterocycles. The Kier molecular flexibility index (Phi) is 8.00. The van der Waals surface area contributed by atoms with Gasteiger partial charge in [-0.25, -0.2) is 4.98 Å². The number of fused-ring (bicyclic) bond motifs is 1. The highest BCUT2D eigenvalue weighted by atomic mass is 32.2. The number of nitrogens with zero attached hydrogens (tertiary/aromatic N) is 3. The summed E-state index contributed by atoms with van der Waals surface area (Å²) < 4.78 is 7.39. The van der Waals surface area contributed by atoms with Crippen molar-refractivity contribution in [1.82, 2.24) is 14.3 Å². The van der Waals surface area contributed by atoms with Gasteiger partial charge in [-0.1, -0.05) is 59.9 Å². The average Bonchev–Trinajstić information content (AvgIpc) is 3.10. The summed E-state index contributed by atoms with van der Waals surface area (Å²) >= 11 is 6.71. The van der Waals surface area contributed by atoms with Crippen LogP contribution in [0.4, 0.5) is 5.82 Å². The first-order valence-electron chi connectivity index (χ1n) is 11.5. The maximum Gasteiger partial charge on any atom is 0.267 e. The summed E-state index contributed by atoms with van der Waals surface area (Å²) in [5, 5.41) is 3.27. The number of aromatic nitrogens is 2. The van der Waals surface area contributed by atoms with E-state index in [-0.39, 0.29) is 11.5 Å². The molecule has 1 saturated heterocycles. The van der Waals surface area contributed by atoms with Crippen LogP contribution in [0.15, 0.2) is 52.3 Å². The Morgan fingerprint density at radius 3 is 2.69 bits per heavy atom. The molecule has 7 nitrogen and oxygen atoms in total. The molecule has 182 valence electrons. The van der Waals surface area contributed by atoms with Crippen LogP contribution < -0.4 is 10.9 Å². The molecule has 0 unspecified atom stereocenters. The van der Waals surface area contributed by atoms with Crippen LogP contribution in [-0.2, 0) is 16.1 Å². The summed E-state index contributed by atoms with van der Waals surface area (Å²) in [5.74, 6) is 0.237. The molecule has 0 radical (unpaired) electrons. The van der Waals surface area contributed by atoms with E-state index >= 15 is 0 Å². The van der Waals surface area contributed by atoms with Crippen LogP contribution >= 0.6 is 24.0 Å². The van der Waals surface area contributed by atoms with E-state index in [1.807, 2.05) is 57.2 Å². The summed E-state index contributed by atoms with van der Waals surface area (Å²) in [7, 11) is 0. The van der Waals surface area contributed by atoms with Crippen molar-refractivity contribution in [3.05, 3.63) is 80.1 Å². The number of carbonyl (C=O) groups is 1. The van der Waals surface area contributed by atoms with Crippen molar-refractivity contribution in [2.45, 2.75) is 33.7 Å². The van der Waals surface area contributed by atoms with Crippen LogP contribution in [0.5, 0.6) is 0 Å². The summed E-state index contributed by atoms with van der Waals surface area (Å²) in [6.07, 6.45) is 4.07. The third-order valence-electron chi connectivity index (χ3n) is 5.66. The van der Waals surface area contributed by atoms with Gasteiger partial charge in [0.05, 0.1) is 17.0 Å². The highest BCUT2D eigenvalue weighted by Gasteiger charge is 2.32. The molecule has 0 bridgehead atoms. The van der Waals surface area contributed by atoms with Crippen molar-refractivity contribution in [2.24, 2.45) is 0 Å². The van der Waals surface area contributed by atoms with Gasteiger partial charge in [-0.3, -0.25) is 18.9 Å². The summed E-state index contributed by atoms with van der Waals surface area (Å²) in [6.45, 7) is 8.13. The quantitative estimate of drug-likeness (QED) is 0.258. The lowest BCUT2D eigenvalue weighted by molar-refractivity contribution is -0.122. The number of nitrogens with one attached hydrogen (secondary N) is 1. The van der Waals surface area contributed by atoms with E-state index in [0.717, 1.165) is 23.1 Å². The molecule has 0 atom stereocenters. The van der Waals surface area contributed by atoms with Gasteiger partial charge in [-0.2, -0.15) is 0 Å². The van der Waals surface area contributed by atoms with Gasteiger partial charge < -0.3 is 10.1 Å². The number of ether oxygens (including phenoxy) is 1. The molecule has 1 aliphatic heterocycles. The first-order valence-corrected chi connectivity index (χ1v) is 12.8.